The highest BCUT2D eigenvalue weighted by molar-refractivity contribution is 6.30. The van der Waals surface area contributed by atoms with Crippen LogP contribution < -0.4 is 5.32 Å². The Morgan fingerprint density at radius 2 is 1.30 bits per heavy atom. The molecule has 1 amide bonds. The molecule has 3 rings (SSSR count). The Morgan fingerprint density at radius 1 is 0.741 bits per heavy atom. The molecule has 1 N–H and O–H groups in total. The van der Waals surface area contributed by atoms with E-state index in [0.29, 0.717) is 31.2 Å². The Balaban J connectivity index is 1.40. The second kappa shape index (κ2) is 9.91. The zero-order chi connectivity index (χ0) is 18.9. The van der Waals surface area contributed by atoms with E-state index in [1.54, 1.807) is 12.1 Å². The van der Waals surface area contributed by atoms with Gasteiger partial charge in [-0.3, -0.25) is 4.79 Å². The highest BCUT2D eigenvalue weighted by Gasteiger charge is 2.04. The highest BCUT2D eigenvalue weighted by Crippen LogP contribution is 2.11. The zero-order valence-electron chi connectivity index (χ0n) is 15.0. The third kappa shape index (κ3) is 6.55. The van der Waals surface area contributed by atoms with E-state index < -0.39 is 0 Å². The van der Waals surface area contributed by atoms with Crippen molar-refractivity contribution in [1.29, 1.82) is 0 Å². The Bertz CT molecular complexity index is 846. The van der Waals surface area contributed by atoms with E-state index >= 15 is 0 Å². The molecule has 4 heteroatoms. The summed E-state index contributed by atoms with van der Waals surface area (Å²) in [7, 11) is 0. The van der Waals surface area contributed by atoms with E-state index in [2.05, 4.69) is 17.4 Å². The van der Waals surface area contributed by atoms with Gasteiger partial charge in [0.2, 0.25) is 5.91 Å². The molecule has 0 aliphatic carbocycles. The van der Waals surface area contributed by atoms with Gasteiger partial charge < -0.3 is 10.1 Å². The lowest BCUT2D eigenvalue weighted by molar-refractivity contribution is -0.120. The minimum atomic E-state index is -0.00686. The Hall–Kier alpha value is -2.62. The van der Waals surface area contributed by atoms with Crippen molar-refractivity contribution in [3.05, 3.63) is 106 Å². The van der Waals surface area contributed by atoms with Crippen molar-refractivity contribution in [2.24, 2.45) is 0 Å². The zero-order valence-corrected chi connectivity index (χ0v) is 15.8. The molecule has 3 nitrogen and oxygen atoms in total. The highest BCUT2D eigenvalue weighted by atomic mass is 35.5. The number of rotatable bonds is 8. The number of carbonyl (C=O) groups excluding carboxylic acids is 1. The number of ether oxygens (including phenoxy) is 1. The van der Waals surface area contributed by atoms with Crippen LogP contribution >= 0.6 is 11.6 Å². The average Bonchev–Trinajstić information content (AvgIpc) is 2.70. The first-order valence-electron chi connectivity index (χ1n) is 8.90. The first-order valence-corrected chi connectivity index (χ1v) is 9.27. The van der Waals surface area contributed by atoms with Gasteiger partial charge in [0.05, 0.1) is 19.6 Å². The minimum absolute atomic E-state index is 0.00686. The molecular formula is C23H22ClNO2. The second-order valence-electron chi connectivity index (χ2n) is 6.37. The first kappa shape index (κ1) is 19.2. The third-order valence-electron chi connectivity index (χ3n) is 4.17. The van der Waals surface area contributed by atoms with Crippen LogP contribution in [-0.4, -0.2) is 5.91 Å². The molecular weight excluding hydrogens is 358 g/mol. The fourth-order valence-corrected chi connectivity index (χ4v) is 2.79. The molecule has 0 saturated carbocycles. The van der Waals surface area contributed by atoms with Gasteiger partial charge in [0.25, 0.3) is 0 Å². The molecule has 3 aromatic rings. The molecule has 0 fully saturated rings. The summed E-state index contributed by atoms with van der Waals surface area (Å²) in [5, 5.41) is 3.62. The van der Waals surface area contributed by atoms with Crippen molar-refractivity contribution < 1.29 is 9.53 Å². The van der Waals surface area contributed by atoms with Crippen LogP contribution in [0.3, 0.4) is 0 Å². The monoisotopic (exact) mass is 379 g/mol. The largest absolute Gasteiger partial charge is 0.372 e. The number of halogens is 1. The van der Waals surface area contributed by atoms with Crippen LogP contribution in [0.4, 0.5) is 0 Å². The van der Waals surface area contributed by atoms with Gasteiger partial charge in [-0.15, -0.1) is 0 Å². The summed E-state index contributed by atoms with van der Waals surface area (Å²) in [5.41, 5.74) is 4.29. The lowest BCUT2D eigenvalue weighted by Crippen LogP contribution is -2.24. The summed E-state index contributed by atoms with van der Waals surface area (Å²) in [5.74, 6) is -0.00686. The lowest BCUT2D eigenvalue weighted by atomic mass is 10.1. The van der Waals surface area contributed by atoms with Gasteiger partial charge in [0.15, 0.2) is 0 Å². The minimum Gasteiger partial charge on any atom is -0.372 e. The maximum atomic E-state index is 12.0. The molecule has 0 bridgehead atoms. The quantitative estimate of drug-likeness (QED) is 0.603. The summed E-state index contributed by atoms with van der Waals surface area (Å²) in [6.45, 7) is 1.68. The fourth-order valence-electron chi connectivity index (χ4n) is 2.67. The van der Waals surface area contributed by atoms with E-state index in [0.717, 1.165) is 22.3 Å². The number of carbonyl (C=O) groups is 1. The van der Waals surface area contributed by atoms with Crippen LogP contribution in [0.25, 0.3) is 0 Å². The van der Waals surface area contributed by atoms with Gasteiger partial charge in [0.1, 0.15) is 0 Å². The molecule has 0 spiro atoms. The van der Waals surface area contributed by atoms with Crippen molar-refractivity contribution >= 4 is 17.5 Å². The number of amides is 1. The third-order valence-corrected chi connectivity index (χ3v) is 4.42. The Kier molecular flexibility index (Phi) is 7.03. The summed E-state index contributed by atoms with van der Waals surface area (Å²) in [6, 6.07) is 25.5. The predicted molar refractivity (Wildman–Crippen MR) is 108 cm³/mol. The Labute approximate surface area is 164 Å². The van der Waals surface area contributed by atoms with Gasteiger partial charge in [0, 0.05) is 11.6 Å². The summed E-state index contributed by atoms with van der Waals surface area (Å²) < 4.78 is 5.74. The molecule has 0 aliphatic rings. The molecule has 0 aliphatic heterocycles. The van der Waals surface area contributed by atoms with Gasteiger partial charge in [-0.1, -0.05) is 78.3 Å². The van der Waals surface area contributed by atoms with Gasteiger partial charge >= 0.3 is 0 Å². The maximum Gasteiger partial charge on any atom is 0.224 e. The summed E-state index contributed by atoms with van der Waals surface area (Å²) in [4.78, 5) is 12.0. The van der Waals surface area contributed by atoms with Crippen LogP contribution in [0.5, 0.6) is 0 Å². The van der Waals surface area contributed by atoms with Crippen LogP contribution in [0.15, 0.2) is 78.9 Å². The van der Waals surface area contributed by atoms with E-state index in [1.165, 1.54) is 0 Å². The van der Waals surface area contributed by atoms with Gasteiger partial charge in [-0.25, -0.2) is 0 Å². The molecule has 0 aromatic heterocycles. The van der Waals surface area contributed by atoms with Crippen LogP contribution in [0.2, 0.25) is 5.02 Å². The number of hydrogen-bond acceptors (Lipinski definition) is 2. The smallest absolute Gasteiger partial charge is 0.224 e. The molecule has 0 atom stereocenters. The molecule has 0 unspecified atom stereocenters. The summed E-state index contributed by atoms with van der Waals surface area (Å²) in [6.07, 6.45) is 0.350. The van der Waals surface area contributed by atoms with Crippen molar-refractivity contribution in [1.82, 2.24) is 5.32 Å². The number of benzene rings is 3. The lowest BCUT2D eigenvalue weighted by Gasteiger charge is -2.08. The maximum absolute atomic E-state index is 12.0. The SMILES string of the molecule is O=C(Cc1ccc(Cl)cc1)NCc1ccc(COCc2ccccc2)cc1. The van der Waals surface area contributed by atoms with E-state index in [9.17, 15) is 4.79 Å². The predicted octanol–water partition coefficient (Wildman–Crippen LogP) is 4.92. The molecule has 0 radical (unpaired) electrons. The summed E-state index contributed by atoms with van der Waals surface area (Å²) >= 11 is 5.86. The molecule has 138 valence electrons. The van der Waals surface area contributed by atoms with Crippen molar-refractivity contribution in [2.45, 2.75) is 26.2 Å². The van der Waals surface area contributed by atoms with Gasteiger partial charge in [-0.05, 0) is 34.4 Å². The van der Waals surface area contributed by atoms with Crippen molar-refractivity contribution in [3.8, 4) is 0 Å². The molecule has 0 heterocycles. The number of hydrogen-bond donors (Lipinski definition) is 1. The standard InChI is InChI=1S/C23H22ClNO2/c24-22-12-10-18(11-13-22)14-23(26)25-15-19-6-8-21(9-7-19)17-27-16-20-4-2-1-3-5-20/h1-13H,14-17H2,(H,25,26). The molecule has 27 heavy (non-hydrogen) atoms. The average molecular weight is 380 g/mol. The molecule has 0 saturated heterocycles. The fraction of sp³-hybridized carbons (Fsp3) is 0.174. The first-order chi connectivity index (χ1) is 13.2. The van der Waals surface area contributed by atoms with Crippen molar-refractivity contribution in [3.63, 3.8) is 0 Å². The van der Waals surface area contributed by atoms with E-state index in [1.807, 2.05) is 54.6 Å². The second-order valence-corrected chi connectivity index (χ2v) is 6.81. The van der Waals surface area contributed by atoms with Crippen LogP contribution in [0.1, 0.15) is 22.3 Å². The van der Waals surface area contributed by atoms with Crippen molar-refractivity contribution in [2.75, 3.05) is 0 Å². The topological polar surface area (TPSA) is 38.3 Å². The normalized spacial score (nSPS) is 10.6. The van der Waals surface area contributed by atoms with E-state index in [-0.39, 0.29) is 5.91 Å². The number of nitrogens with one attached hydrogen (secondary N) is 1. The van der Waals surface area contributed by atoms with Crippen LogP contribution in [-0.2, 0) is 35.7 Å². The Morgan fingerprint density at radius 3 is 1.96 bits per heavy atom. The van der Waals surface area contributed by atoms with E-state index in [4.69, 9.17) is 16.3 Å². The van der Waals surface area contributed by atoms with Gasteiger partial charge in [-0.2, -0.15) is 0 Å². The van der Waals surface area contributed by atoms with Crippen LogP contribution in [0, 0.1) is 0 Å². The molecule has 3 aromatic carbocycles.